The van der Waals surface area contributed by atoms with E-state index in [1.165, 1.54) is 141 Å². The van der Waals surface area contributed by atoms with Crippen molar-refractivity contribution in [2.45, 2.75) is 233 Å². The summed E-state index contributed by atoms with van der Waals surface area (Å²) in [5.74, 6) is -0.0170. The van der Waals surface area contributed by atoms with Crippen LogP contribution < -0.4 is 0 Å². The molecule has 0 bridgehead atoms. The van der Waals surface area contributed by atoms with Crippen LogP contribution in [-0.2, 0) is 19.1 Å². The van der Waals surface area contributed by atoms with Crippen LogP contribution >= 0.6 is 0 Å². The molecule has 0 aliphatic carbocycles. The minimum absolute atomic E-state index is 0.00852. The van der Waals surface area contributed by atoms with Crippen LogP contribution in [0.2, 0.25) is 0 Å². The molecule has 0 aliphatic heterocycles. The Morgan fingerprint density at radius 2 is 0.740 bits per heavy atom. The van der Waals surface area contributed by atoms with E-state index in [1.54, 1.807) is 0 Å². The summed E-state index contributed by atoms with van der Waals surface area (Å²) < 4.78 is 11.3. The Bertz CT molecular complexity index is 677. The molecule has 0 spiro atoms. The second-order valence-corrected chi connectivity index (χ2v) is 15.8. The van der Waals surface area contributed by atoms with E-state index < -0.39 is 0 Å². The normalized spacial score (nSPS) is 12.9. The van der Waals surface area contributed by atoms with E-state index in [2.05, 4.69) is 51.6 Å². The molecule has 0 aromatic rings. The zero-order valence-electron chi connectivity index (χ0n) is 34.7. The van der Waals surface area contributed by atoms with Crippen molar-refractivity contribution < 1.29 is 19.1 Å². The summed E-state index contributed by atoms with van der Waals surface area (Å²) in [6.07, 6.45) is 35.7. The second kappa shape index (κ2) is 37.6. The minimum Gasteiger partial charge on any atom is -0.463 e. The number of hydrogen-bond donors (Lipinski definition) is 0. The predicted molar refractivity (Wildman–Crippen MR) is 216 cm³/mol. The number of hydrogen-bond acceptors (Lipinski definition) is 6. The van der Waals surface area contributed by atoms with Gasteiger partial charge in [-0.1, -0.05) is 142 Å². The fraction of sp³-hybridized carbons (Fsp3) is 0.955. The van der Waals surface area contributed by atoms with Gasteiger partial charge in [0.05, 0.1) is 12.2 Å². The highest BCUT2D eigenvalue weighted by atomic mass is 16.5. The van der Waals surface area contributed by atoms with Crippen molar-refractivity contribution in [2.75, 3.05) is 40.3 Å². The first-order valence-electron chi connectivity index (χ1n) is 22.0. The minimum atomic E-state index is -0.00852. The fourth-order valence-electron chi connectivity index (χ4n) is 6.76. The van der Waals surface area contributed by atoms with Gasteiger partial charge in [-0.3, -0.25) is 9.59 Å². The third-order valence-electron chi connectivity index (χ3n) is 10.2. The van der Waals surface area contributed by atoms with Crippen molar-refractivity contribution in [3.63, 3.8) is 0 Å². The maximum absolute atomic E-state index is 12.3. The van der Waals surface area contributed by atoms with E-state index >= 15 is 0 Å². The third kappa shape index (κ3) is 36.6. The number of likely N-dealkylation sites (N-methyl/N-ethyl adjacent to an activating group) is 1. The number of ether oxygens (including phenoxy) is 2. The molecule has 0 heterocycles. The summed E-state index contributed by atoms with van der Waals surface area (Å²) in [6, 6.07) is 0. The van der Waals surface area contributed by atoms with E-state index in [4.69, 9.17) is 9.47 Å². The molecule has 0 saturated heterocycles. The summed E-state index contributed by atoms with van der Waals surface area (Å²) >= 11 is 0. The summed E-state index contributed by atoms with van der Waals surface area (Å²) in [6.45, 7) is 13.2. The molecule has 0 saturated carbocycles. The molecule has 0 N–H and O–H groups in total. The quantitative estimate of drug-likeness (QED) is 0.0468. The highest BCUT2D eigenvalue weighted by molar-refractivity contribution is 5.69. The molecule has 6 nitrogen and oxygen atoms in total. The van der Waals surface area contributed by atoms with Gasteiger partial charge in [-0.15, -0.1) is 0 Å². The Hall–Kier alpha value is -1.14. The number of carbonyl (C=O) groups is 2. The Morgan fingerprint density at radius 3 is 1.10 bits per heavy atom. The average Bonchev–Trinajstić information content (AvgIpc) is 3.08. The third-order valence-corrected chi connectivity index (χ3v) is 10.2. The molecule has 0 radical (unpaired) electrons. The first-order chi connectivity index (χ1) is 24.3. The number of esters is 2. The van der Waals surface area contributed by atoms with Crippen molar-refractivity contribution in [2.24, 2.45) is 0 Å². The highest BCUT2D eigenvalue weighted by Gasteiger charge is 2.11. The van der Waals surface area contributed by atoms with Gasteiger partial charge in [-0.05, 0) is 92.4 Å². The first-order valence-corrected chi connectivity index (χ1v) is 22.0. The Balaban J connectivity index is 3.85. The Labute approximate surface area is 313 Å². The first kappa shape index (κ1) is 48.9. The van der Waals surface area contributed by atoms with Gasteiger partial charge in [0.25, 0.3) is 0 Å². The van der Waals surface area contributed by atoms with Gasteiger partial charge < -0.3 is 19.3 Å². The molecule has 0 amide bonds. The SMILES string of the molecule is CCCCCCCCCCC(C)OC(=O)CCCCCCCN(CCCCCCCC(=O)OC(C)CCCCCCCCCC)CCN(C)C. The molecule has 2 unspecified atom stereocenters. The number of nitrogens with zero attached hydrogens (tertiary/aromatic N) is 2. The molecule has 50 heavy (non-hydrogen) atoms. The van der Waals surface area contributed by atoms with Gasteiger partial charge in [-0.25, -0.2) is 0 Å². The summed E-state index contributed by atoms with van der Waals surface area (Å²) in [5.41, 5.74) is 0. The number of unbranched alkanes of at least 4 members (excludes halogenated alkanes) is 22. The molecule has 0 aliphatic rings. The molecule has 6 heteroatoms. The lowest BCUT2D eigenvalue weighted by Gasteiger charge is -2.24. The molecule has 0 rings (SSSR count). The van der Waals surface area contributed by atoms with Gasteiger partial charge >= 0.3 is 11.9 Å². The lowest BCUT2D eigenvalue weighted by molar-refractivity contribution is -0.149. The van der Waals surface area contributed by atoms with Crippen LogP contribution in [0, 0.1) is 0 Å². The van der Waals surface area contributed by atoms with Crippen LogP contribution in [0.3, 0.4) is 0 Å². The van der Waals surface area contributed by atoms with Gasteiger partial charge in [0.2, 0.25) is 0 Å². The maximum atomic E-state index is 12.3. The van der Waals surface area contributed by atoms with E-state index in [0.29, 0.717) is 12.8 Å². The Morgan fingerprint density at radius 1 is 0.420 bits per heavy atom. The summed E-state index contributed by atoms with van der Waals surface area (Å²) in [7, 11) is 4.31. The van der Waals surface area contributed by atoms with E-state index in [0.717, 1.165) is 64.7 Å². The monoisotopic (exact) mass is 709 g/mol. The highest BCUT2D eigenvalue weighted by Crippen LogP contribution is 2.15. The van der Waals surface area contributed by atoms with E-state index in [1.807, 2.05) is 0 Å². The van der Waals surface area contributed by atoms with Gasteiger partial charge in [0.1, 0.15) is 0 Å². The zero-order chi connectivity index (χ0) is 36.9. The van der Waals surface area contributed by atoms with Gasteiger partial charge in [-0.2, -0.15) is 0 Å². The second-order valence-electron chi connectivity index (χ2n) is 15.8. The Kier molecular flexibility index (Phi) is 36.8. The lowest BCUT2D eigenvalue weighted by Crippen LogP contribution is -2.33. The van der Waals surface area contributed by atoms with Gasteiger partial charge in [0.15, 0.2) is 0 Å². The average molecular weight is 709 g/mol. The molecule has 298 valence electrons. The van der Waals surface area contributed by atoms with E-state index in [-0.39, 0.29) is 24.1 Å². The van der Waals surface area contributed by atoms with Crippen LogP contribution in [0.15, 0.2) is 0 Å². The molecular formula is C44H88N2O4. The van der Waals surface area contributed by atoms with Crippen molar-refractivity contribution in [1.82, 2.24) is 9.80 Å². The van der Waals surface area contributed by atoms with Crippen molar-refractivity contribution >= 4 is 11.9 Å². The molecule has 2 atom stereocenters. The lowest BCUT2D eigenvalue weighted by atomic mass is 10.1. The van der Waals surface area contributed by atoms with Crippen LogP contribution in [-0.4, -0.2) is 74.2 Å². The number of carbonyl (C=O) groups excluding carboxylic acids is 2. The standard InChI is InChI=1S/C44H88N2O4/c1-7-9-11-13-15-17-21-27-33-41(3)49-43(47)35-29-23-19-25-31-37-46(40-39-45(5)6)38-32-26-20-24-30-36-44(48)50-42(4)34-28-22-18-16-14-12-10-8-2/h41-42H,7-40H2,1-6H3. The summed E-state index contributed by atoms with van der Waals surface area (Å²) in [4.78, 5) is 29.4. The fourth-order valence-corrected chi connectivity index (χ4v) is 6.76. The number of rotatable bonds is 39. The summed E-state index contributed by atoms with van der Waals surface area (Å²) in [5, 5.41) is 0. The largest absolute Gasteiger partial charge is 0.463 e. The van der Waals surface area contributed by atoms with Crippen LogP contribution in [0.4, 0.5) is 0 Å². The molecule has 0 fully saturated rings. The topological polar surface area (TPSA) is 59.1 Å². The maximum Gasteiger partial charge on any atom is 0.306 e. The van der Waals surface area contributed by atoms with Gasteiger partial charge in [0, 0.05) is 25.9 Å². The van der Waals surface area contributed by atoms with E-state index in [9.17, 15) is 9.59 Å². The van der Waals surface area contributed by atoms with Crippen molar-refractivity contribution in [3.05, 3.63) is 0 Å². The van der Waals surface area contributed by atoms with Crippen LogP contribution in [0.1, 0.15) is 220 Å². The smallest absolute Gasteiger partial charge is 0.306 e. The van der Waals surface area contributed by atoms with Crippen LogP contribution in [0.5, 0.6) is 0 Å². The zero-order valence-corrected chi connectivity index (χ0v) is 34.7. The van der Waals surface area contributed by atoms with Crippen molar-refractivity contribution in [1.29, 1.82) is 0 Å². The van der Waals surface area contributed by atoms with Crippen molar-refractivity contribution in [3.8, 4) is 0 Å². The molecular weight excluding hydrogens is 620 g/mol. The predicted octanol–water partition coefficient (Wildman–Crippen LogP) is 12.5. The van der Waals surface area contributed by atoms with Crippen LogP contribution in [0.25, 0.3) is 0 Å². The molecule has 0 aromatic heterocycles. The molecule has 0 aromatic carbocycles.